The van der Waals surface area contributed by atoms with Crippen molar-refractivity contribution in [3.05, 3.63) is 36.5 Å². The van der Waals surface area contributed by atoms with Crippen LogP contribution in [0.4, 0.5) is 0 Å². The van der Waals surface area contributed by atoms with E-state index in [4.69, 9.17) is 0 Å². The molecule has 0 radical (unpaired) electrons. The summed E-state index contributed by atoms with van der Waals surface area (Å²) in [5, 5.41) is 0. The van der Waals surface area contributed by atoms with E-state index in [1.165, 1.54) is 0 Å². The van der Waals surface area contributed by atoms with Gasteiger partial charge in [0.15, 0.2) is 0 Å². The molecule has 0 bridgehead atoms. The number of hydrogen-bond donors (Lipinski definition) is 0. The van der Waals surface area contributed by atoms with E-state index in [-0.39, 0.29) is 6.04 Å². The molecule has 0 aliphatic heterocycles. The Balaban J connectivity index is 2.83. The summed E-state index contributed by atoms with van der Waals surface area (Å²) in [4.78, 5) is 3.96. The van der Waals surface area contributed by atoms with Gasteiger partial charge in [0.1, 0.15) is 0 Å². The molecule has 0 heterocycles. The van der Waals surface area contributed by atoms with Gasteiger partial charge in [0.25, 0.3) is 0 Å². The average molecular weight is 147 g/mol. The molecule has 0 aromatic rings. The van der Waals surface area contributed by atoms with Gasteiger partial charge in [-0.1, -0.05) is 19.7 Å². The maximum atomic E-state index is 3.96. The Morgan fingerprint density at radius 2 is 1.91 bits per heavy atom. The van der Waals surface area contributed by atoms with Crippen LogP contribution in [0.15, 0.2) is 41.4 Å². The van der Waals surface area contributed by atoms with E-state index >= 15 is 0 Å². The smallest absolute Gasteiger partial charge is 0.0744 e. The lowest BCUT2D eigenvalue weighted by Gasteiger charge is -2.24. The van der Waals surface area contributed by atoms with Gasteiger partial charge in [-0.15, -0.1) is 0 Å². The number of allylic oxidation sites excluding steroid dienone is 1. The van der Waals surface area contributed by atoms with E-state index in [0.717, 1.165) is 29.6 Å². The highest BCUT2D eigenvalue weighted by molar-refractivity contribution is 5.48. The lowest BCUT2D eigenvalue weighted by Crippen LogP contribution is -2.15. The summed E-state index contributed by atoms with van der Waals surface area (Å²) in [6.45, 7) is 15.2. The summed E-state index contributed by atoms with van der Waals surface area (Å²) in [6.07, 6.45) is 1.96. The Morgan fingerprint density at radius 3 is 2.45 bits per heavy atom. The molecule has 1 aliphatic rings. The van der Waals surface area contributed by atoms with Crippen LogP contribution in [0, 0.1) is 0 Å². The fourth-order valence-electron chi connectivity index (χ4n) is 1.27. The maximum absolute atomic E-state index is 3.96. The van der Waals surface area contributed by atoms with Crippen LogP contribution in [0.3, 0.4) is 0 Å². The van der Waals surface area contributed by atoms with Crippen LogP contribution in [-0.2, 0) is 0 Å². The van der Waals surface area contributed by atoms with Crippen molar-refractivity contribution >= 4 is 6.72 Å². The molecule has 1 fully saturated rings. The van der Waals surface area contributed by atoms with Gasteiger partial charge in [-0.2, -0.15) is 0 Å². The van der Waals surface area contributed by atoms with Crippen molar-refractivity contribution in [1.82, 2.24) is 0 Å². The van der Waals surface area contributed by atoms with E-state index in [1.807, 2.05) is 0 Å². The van der Waals surface area contributed by atoms with Crippen LogP contribution >= 0.6 is 0 Å². The minimum absolute atomic E-state index is 0.174. The monoisotopic (exact) mass is 147 g/mol. The molecule has 1 aliphatic carbocycles. The second kappa shape index (κ2) is 2.87. The van der Waals surface area contributed by atoms with Gasteiger partial charge in [0.05, 0.1) is 6.04 Å². The Morgan fingerprint density at radius 1 is 1.27 bits per heavy atom. The van der Waals surface area contributed by atoms with Gasteiger partial charge in [-0.25, -0.2) is 0 Å². The molecule has 0 aromatic heterocycles. The number of aliphatic imine (C=N–C) groups is 1. The molecule has 11 heavy (non-hydrogen) atoms. The first-order chi connectivity index (χ1) is 5.16. The van der Waals surface area contributed by atoms with Crippen molar-refractivity contribution in [1.29, 1.82) is 0 Å². The van der Waals surface area contributed by atoms with Crippen molar-refractivity contribution in [2.45, 2.75) is 18.9 Å². The zero-order valence-electron chi connectivity index (χ0n) is 6.77. The minimum atomic E-state index is 0.174. The Hall–Kier alpha value is -1.11. The molecule has 58 valence electrons. The third-order valence-electron chi connectivity index (χ3n) is 2.16. The third-order valence-corrected chi connectivity index (χ3v) is 2.16. The van der Waals surface area contributed by atoms with Crippen LogP contribution in [-0.4, -0.2) is 12.8 Å². The van der Waals surface area contributed by atoms with E-state index in [1.54, 1.807) is 0 Å². The van der Waals surface area contributed by atoms with Gasteiger partial charge < -0.3 is 0 Å². The predicted octanol–water partition coefficient (Wildman–Crippen LogP) is 2.52. The van der Waals surface area contributed by atoms with Gasteiger partial charge in [-0.3, -0.25) is 4.99 Å². The fourth-order valence-corrected chi connectivity index (χ4v) is 1.27. The van der Waals surface area contributed by atoms with Crippen molar-refractivity contribution in [3.63, 3.8) is 0 Å². The molecule has 1 heteroatoms. The van der Waals surface area contributed by atoms with Crippen molar-refractivity contribution < 1.29 is 0 Å². The summed E-state index contributed by atoms with van der Waals surface area (Å²) in [5.41, 5.74) is 3.04. The van der Waals surface area contributed by atoms with Crippen LogP contribution in [0.5, 0.6) is 0 Å². The van der Waals surface area contributed by atoms with Crippen molar-refractivity contribution in [3.8, 4) is 0 Å². The average Bonchev–Trinajstić information content (AvgIpc) is 2.01. The first kappa shape index (κ1) is 7.99. The fraction of sp³-hybridized carbons (Fsp3) is 0.300. The Kier molecular flexibility index (Phi) is 2.08. The molecule has 0 N–H and O–H groups in total. The molecule has 1 rings (SSSR count). The molecule has 0 aromatic carbocycles. The number of rotatable bonds is 1. The summed E-state index contributed by atoms with van der Waals surface area (Å²) in [6, 6.07) is 0.174. The van der Waals surface area contributed by atoms with Crippen molar-refractivity contribution in [2.24, 2.45) is 4.99 Å². The van der Waals surface area contributed by atoms with E-state index in [2.05, 4.69) is 31.4 Å². The molecule has 0 spiro atoms. The summed E-state index contributed by atoms with van der Waals surface area (Å²) in [7, 11) is 0. The lowest BCUT2D eigenvalue weighted by atomic mass is 9.85. The van der Waals surface area contributed by atoms with Gasteiger partial charge >= 0.3 is 0 Å². The predicted molar refractivity (Wildman–Crippen MR) is 50.0 cm³/mol. The highest BCUT2D eigenvalue weighted by atomic mass is 14.8. The molecule has 1 unspecified atom stereocenters. The third kappa shape index (κ3) is 1.32. The van der Waals surface area contributed by atoms with Gasteiger partial charge in [-0.05, 0) is 36.3 Å². The molecule has 0 amide bonds. The summed E-state index contributed by atoms with van der Waals surface area (Å²) in [5.74, 6) is 0. The molecule has 0 saturated heterocycles. The zero-order chi connectivity index (χ0) is 8.43. The topological polar surface area (TPSA) is 12.4 Å². The first-order valence-electron chi connectivity index (χ1n) is 3.69. The van der Waals surface area contributed by atoms with Crippen molar-refractivity contribution in [2.75, 3.05) is 0 Å². The highest BCUT2D eigenvalue weighted by Gasteiger charge is 2.20. The molecule has 1 atom stereocenters. The van der Waals surface area contributed by atoms with E-state index < -0.39 is 0 Å². The maximum Gasteiger partial charge on any atom is 0.0744 e. The Labute approximate surface area is 67.8 Å². The highest BCUT2D eigenvalue weighted by Crippen LogP contribution is 2.31. The molecular weight excluding hydrogens is 134 g/mol. The zero-order valence-corrected chi connectivity index (χ0v) is 6.77. The summed E-state index contributed by atoms with van der Waals surface area (Å²) >= 11 is 0. The minimum Gasteiger partial charge on any atom is -0.293 e. The normalized spacial score (nSPS) is 25.5. The molecule has 1 saturated carbocycles. The van der Waals surface area contributed by atoms with Crippen LogP contribution < -0.4 is 0 Å². The quantitative estimate of drug-likeness (QED) is 0.505. The lowest BCUT2D eigenvalue weighted by molar-refractivity contribution is 0.672. The van der Waals surface area contributed by atoms with Crippen LogP contribution in [0.1, 0.15) is 12.8 Å². The van der Waals surface area contributed by atoms with E-state index in [0.29, 0.717) is 0 Å². The van der Waals surface area contributed by atoms with E-state index in [9.17, 15) is 0 Å². The number of nitrogens with zero attached hydrogens (tertiary/aromatic N) is 1. The molecular formula is C10H13N. The van der Waals surface area contributed by atoms with Gasteiger partial charge in [0, 0.05) is 0 Å². The standard InChI is InChI=1S/C10H13N/c1-7-5-6-10(11-4)9(3)8(7)2/h10H,1-6H2. The number of hydrogen-bond acceptors (Lipinski definition) is 1. The SMILES string of the molecule is C=NC1CCC(=C)C(=C)C1=C. The Bertz CT molecular complexity index is 235. The largest absolute Gasteiger partial charge is 0.293 e. The second-order valence-electron chi connectivity index (χ2n) is 2.84. The molecule has 1 nitrogen and oxygen atoms in total. The van der Waals surface area contributed by atoms with Crippen LogP contribution in [0.2, 0.25) is 0 Å². The first-order valence-corrected chi connectivity index (χ1v) is 3.69. The second-order valence-corrected chi connectivity index (χ2v) is 2.84. The summed E-state index contributed by atoms with van der Waals surface area (Å²) < 4.78 is 0. The van der Waals surface area contributed by atoms with Gasteiger partial charge in [0.2, 0.25) is 0 Å². The van der Waals surface area contributed by atoms with Crippen LogP contribution in [0.25, 0.3) is 0 Å².